The fourth-order valence-electron chi connectivity index (χ4n) is 1.54. The lowest BCUT2D eigenvalue weighted by atomic mass is 10.1. The number of nitro benzene ring substituents is 1. The van der Waals surface area contributed by atoms with Gasteiger partial charge in [-0.2, -0.15) is 0 Å². The summed E-state index contributed by atoms with van der Waals surface area (Å²) in [4.78, 5) is 21.8. The van der Waals surface area contributed by atoms with Crippen LogP contribution >= 0.6 is 0 Å². The first kappa shape index (κ1) is 14.0. The van der Waals surface area contributed by atoms with Crippen LogP contribution in [-0.2, 0) is 0 Å². The average molecular weight is 251 g/mol. The van der Waals surface area contributed by atoms with E-state index < -0.39 is 4.92 Å². The van der Waals surface area contributed by atoms with Crippen LogP contribution in [0.1, 0.15) is 24.5 Å². The predicted molar refractivity (Wildman–Crippen MR) is 69.9 cm³/mol. The van der Waals surface area contributed by atoms with Gasteiger partial charge in [0.1, 0.15) is 0 Å². The fraction of sp³-hybridized carbons (Fsp3) is 0.417. The minimum atomic E-state index is -0.427. The summed E-state index contributed by atoms with van der Waals surface area (Å²) < 4.78 is 0. The SMILES string of the molecule is CCCNC(=O)Nc1cc(C)c([N+](=O)[O-])cc1C. The second-order valence-electron chi connectivity index (χ2n) is 4.09. The van der Waals surface area contributed by atoms with Crippen molar-refractivity contribution in [3.05, 3.63) is 33.4 Å². The molecule has 0 spiro atoms. The lowest BCUT2D eigenvalue weighted by Gasteiger charge is -2.10. The molecule has 0 aliphatic rings. The molecule has 6 heteroatoms. The van der Waals surface area contributed by atoms with Gasteiger partial charge in [-0.3, -0.25) is 10.1 Å². The van der Waals surface area contributed by atoms with E-state index >= 15 is 0 Å². The Morgan fingerprint density at radius 3 is 2.56 bits per heavy atom. The van der Waals surface area contributed by atoms with Gasteiger partial charge in [0.15, 0.2) is 0 Å². The minimum Gasteiger partial charge on any atom is -0.338 e. The van der Waals surface area contributed by atoms with E-state index in [-0.39, 0.29) is 11.7 Å². The first-order valence-electron chi connectivity index (χ1n) is 5.76. The van der Waals surface area contributed by atoms with Crippen LogP contribution in [0.3, 0.4) is 0 Å². The van der Waals surface area contributed by atoms with Crippen LogP contribution in [0.25, 0.3) is 0 Å². The summed E-state index contributed by atoms with van der Waals surface area (Å²) in [6.07, 6.45) is 0.853. The number of nitrogens with one attached hydrogen (secondary N) is 2. The van der Waals surface area contributed by atoms with E-state index in [1.54, 1.807) is 19.9 Å². The van der Waals surface area contributed by atoms with Gasteiger partial charge in [-0.15, -0.1) is 0 Å². The van der Waals surface area contributed by atoms with Crippen LogP contribution < -0.4 is 10.6 Å². The third-order valence-electron chi connectivity index (χ3n) is 2.52. The maximum Gasteiger partial charge on any atom is 0.319 e. The Bertz CT molecular complexity index is 472. The molecule has 18 heavy (non-hydrogen) atoms. The molecule has 0 aliphatic carbocycles. The van der Waals surface area contributed by atoms with Crippen LogP contribution in [0, 0.1) is 24.0 Å². The van der Waals surface area contributed by atoms with Crippen LogP contribution in [-0.4, -0.2) is 17.5 Å². The Hall–Kier alpha value is -2.11. The molecule has 0 heterocycles. The van der Waals surface area contributed by atoms with Gasteiger partial charge in [-0.05, 0) is 31.9 Å². The van der Waals surface area contributed by atoms with Crippen molar-refractivity contribution in [2.45, 2.75) is 27.2 Å². The molecule has 2 amide bonds. The van der Waals surface area contributed by atoms with Gasteiger partial charge in [0.2, 0.25) is 0 Å². The molecule has 1 aromatic carbocycles. The Balaban J connectivity index is 2.88. The number of nitrogens with zero attached hydrogens (tertiary/aromatic N) is 1. The highest BCUT2D eigenvalue weighted by Gasteiger charge is 2.14. The number of amides is 2. The van der Waals surface area contributed by atoms with Crippen molar-refractivity contribution in [3.8, 4) is 0 Å². The summed E-state index contributed by atoms with van der Waals surface area (Å²) in [6, 6.07) is 2.78. The molecule has 1 aromatic rings. The first-order chi connectivity index (χ1) is 8.45. The fourth-order valence-corrected chi connectivity index (χ4v) is 1.54. The number of hydrogen-bond donors (Lipinski definition) is 2. The van der Waals surface area contributed by atoms with Gasteiger partial charge in [-0.1, -0.05) is 6.92 Å². The molecule has 0 fully saturated rings. The van der Waals surface area contributed by atoms with E-state index in [1.807, 2.05) is 6.92 Å². The molecule has 98 valence electrons. The van der Waals surface area contributed by atoms with Crippen molar-refractivity contribution in [1.82, 2.24) is 5.32 Å². The topological polar surface area (TPSA) is 84.3 Å². The van der Waals surface area contributed by atoms with Crippen LogP contribution in [0.2, 0.25) is 0 Å². The van der Waals surface area contributed by atoms with E-state index in [0.717, 1.165) is 6.42 Å². The quantitative estimate of drug-likeness (QED) is 0.637. The zero-order valence-electron chi connectivity index (χ0n) is 10.7. The summed E-state index contributed by atoms with van der Waals surface area (Å²) in [5, 5.41) is 16.1. The van der Waals surface area contributed by atoms with E-state index in [1.165, 1.54) is 6.07 Å². The Labute approximate surface area is 106 Å². The van der Waals surface area contributed by atoms with Gasteiger partial charge in [0.25, 0.3) is 5.69 Å². The molecule has 0 radical (unpaired) electrons. The number of rotatable bonds is 4. The second-order valence-corrected chi connectivity index (χ2v) is 4.09. The standard InChI is InChI=1S/C12H17N3O3/c1-4-5-13-12(16)14-10-6-9(3)11(15(17)18)7-8(10)2/h6-7H,4-5H2,1-3H3,(H2,13,14,16). The van der Waals surface area contributed by atoms with Crippen molar-refractivity contribution in [2.75, 3.05) is 11.9 Å². The van der Waals surface area contributed by atoms with Crippen molar-refractivity contribution in [3.63, 3.8) is 0 Å². The zero-order valence-corrected chi connectivity index (χ0v) is 10.7. The molecule has 0 aliphatic heterocycles. The molecule has 2 N–H and O–H groups in total. The summed E-state index contributed by atoms with van der Waals surface area (Å²) in [7, 11) is 0. The Kier molecular flexibility index (Phi) is 4.65. The number of carbonyl (C=O) groups is 1. The highest BCUT2D eigenvalue weighted by atomic mass is 16.6. The first-order valence-corrected chi connectivity index (χ1v) is 5.76. The normalized spacial score (nSPS) is 9.94. The van der Waals surface area contributed by atoms with Crippen LogP contribution in [0.15, 0.2) is 12.1 Å². The Morgan fingerprint density at radius 2 is 2.00 bits per heavy atom. The molecule has 0 atom stereocenters. The number of aryl methyl sites for hydroxylation is 2. The third kappa shape index (κ3) is 3.44. The summed E-state index contributed by atoms with van der Waals surface area (Å²) in [5.74, 6) is 0. The van der Waals surface area contributed by atoms with Crippen LogP contribution in [0.5, 0.6) is 0 Å². The molecule has 6 nitrogen and oxygen atoms in total. The molecule has 0 unspecified atom stereocenters. The van der Waals surface area contributed by atoms with Gasteiger partial charge < -0.3 is 10.6 Å². The summed E-state index contributed by atoms with van der Waals surface area (Å²) in [6.45, 7) is 5.92. The van der Waals surface area contributed by atoms with E-state index in [2.05, 4.69) is 10.6 Å². The smallest absolute Gasteiger partial charge is 0.319 e. The summed E-state index contributed by atoms with van der Waals surface area (Å²) in [5.41, 5.74) is 1.84. The number of nitro groups is 1. The van der Waals surface area contributed by atoms with Crippen molar-refractivity contribution >= 4 is 17.4 Å². The highest BCUT2D eigenvalue weighted by molar-refractivity contribution is 5.90. The molecular weight excluding hydrogens is 234 g/mol. The number of carbonyl (C=O) groups excluding carboxylic acids is 1. The number of anilines is 1. The van der Waals surface area contributed by atoms with Gasteiger partial charge in [0, 0.05) is 23.9 Å². The molecule has 0 saturated heterocycles. The van der Waals surface area contributed by atoms with Crippen molar-refractivity contribution in [2.24, 2.45) is 0 Å². The van der Waals surface area contributed by atoms with Gasteiger partial charge in [0.05, 0.1) is 4.92 Å². The number of urea groups is 1. The molecule has 1 rings (SSSR count). The molecular formula is C12H17N3O3. The highest BCUT2D eigenvalue weighted by Crippen LogP contribution is 2.25. The van der Waals surface area contributed by atoms with Crippen molar-refractivity contribution < 1.29 is 9.72 Å². The van der Waals surface area contributed by atoms with Crippen LogP contribution in [0.4, 0.5) is 16.2 Å². The Morgan fingerprint density at radius 1 is 1.33 bits per heavy atom. The molecule has 0 aromatic heterocycles. The maximum atomic E-state index is 11.5. The second kappa shape index (κ2) is 6.00. The number of hydrogen-bond acceptors (Lipinski definition) is 3. The van der Waals surface area contributed by atoms with Gasteiger partial charge in [-0.25, -0.2) is 4.79 Å². The summed E-state index contributed by atoms with van der Waals surface area (Å²) >= 11 is 0. The lowest BCUT2D eigenvalue weighted by Crippen LogP contribution is -2.29. The number of benzene rings is 1. The monoisotopic (exact) mass is 251 g/mol. The van der Waals surface area contributed by atoms with E-state index in [0.29, 0.717) is 23.4 Å². The van der Waals surface area contributed by atoms with E-state index in [4.69, 9.17) is 0 Å². The van der Waals surface area contributed by atoms with E-state index in [9.17, 15) is 14.9 Å². The minimum absolute atomic E-state index is 0.0621. The third-order valence-corrected chi connectivity index (χ3v) is 2.52. The van der Waals surface area contributed by atoms with Crippen molar-refractivity contribution in [1.29, 1.82) is 0 Å². The largest absolute Gasteiger partial charge is 0.338 e. The zero-order chi connectivity index (χ0) is 13.7. The molecule has 0 bridgehead atoms. The molecule has 0 saturated carbocycles. The average Bonchev–Trinajstić information content (AvgIpc) is 2.30. The lowest BCUT2D eigenvalue weighted by molar-refractivity contribution is -0.385. The predicted octanol–water partition coefficient (Wildman–Crippen LogP) is 2.74. The van der Waals surface area contributed by atoms with Gasteiger partial charge >= 0.3 is 6.03 Å². The maximum absolute atomic E-state index is 11.5.